The topological polar surface area (TPSA) is 50.2 Å². The monoisotopic (exact) mass is 371 g/mol. The molecule has 0 saturated carbocycles. The van der Waals surface area contributed by atoms with Crippen molar-refractivity contribution in [2.45, 2.75) is 5.92 Å². The number of alkyl halides is 2. The van der Waals surface area contributed by atoms with Crippen molar-refractivity contribution in [2.75, 3.05) is 0 Å². The van der Waals surface area contributed by atoms with Crippen molar-refractivity contribution in [3.05, 3.63) is 51.4 Å². The summed E-state index contributed by atoms with van der Waals surface area (Å²) in [6, 6.07) is 1.68. The summed E-state index contributed by atoms with van der Waals surface area (Å²) in [4.78, 5) is 13.9. The van der Waals surface area contributed by atoms with Gasteiger partial charge in [-0.1, -0.05) is 23.2 Å². The first-order valence-corrected chi connectivity index (χ1v) is 6.44. The van der Waals surface area contributed by atoms with Crippen molar-refractivity contribution in [2.24, 2.45) is 0 Å². The minimum atomic E-state index is -4.63. The predicted molar refractivity (Wildman–Crippen MR) is 71.1 cm³/mol. The molecular formula is C13H4Cl2F5NO2. The number of hydrogen-bond acceptors (Lipinski definition) is 2. The molecule has 2 aromatic rings. The Morgan fingerprint density at radius 3 is 2.30 bits per heavy atom. The molecule has 0 aliphatic carbocycles. The van der Waals surface area contributed by atoms with Crippen molar-refractivity contribution >= 4 is 29.2 Å². The van der Waals surface area contributed by atoms with E-state index in [9.17, 15) is 26.7 Å². The molecule has 1 aromatic heterocycles. The van der Waals surface area contributed by atoms with Crippen LogP contribution in [0.2, 0.25) is 10.2 Å². The van der Waals surface area contributed by atoms with Crippen LogP contribution in [0.1, 0.15) is 5.56 Å². The molecule has 23 heavy (non-hydrogen) atoms. The van der Waals surface area contributed by atoms with E-state index in [1.165, 1.54) is 0 Å². The van der Waals surface area contributed by atoms with E-state index in [-0.39, 0.29) is 0 Å². The standard InChI is InChI=1S/C13H4Cl2F5NO2/c14-7-3-5(13(19,20)12(22)23)10(18)11(21-7)4-1-2-6(16)8(15)9(4)17/h1-3H,(H,22,23). The van der Waals surface area contributed by atoms with Crippen LogP contribution in [0.25, 0.3) is 11.3 Å². The van der Waals surface area contributed by atoms with Gasteiger partial charge < -0.3 is 5.11 Å². The van der Waals surface area contributed by atoms with Crippen LogP contribution in [0, 0.1) is 17.5 Å². The Kier molecular flexibility index (Phi) is 4.50. The van der Waals surface area contributed by atoms with Crippen LogP contribution in [-0.4, -0.2) is 16.1 Å². The predicted octanol–water partition coefficient (Wildman–Crippen LogP) is 4.65. The largest absolute Gasteiger partial charge is 0.477 e. The highest BCUT2D eigenvalue weighted by atomic mass is 35.5. The third-order valence-corrected chi connectivity index (χ3v) is 3.36. The lowest BCUT2D eigenvalue weighted by Crippen LogP contribution is -2.27. The first-order chi connectivity index (χ1) is 10.6. The molecule has 1 N–H and O–H groups in total. The SMILES string of the molecule is O=C(O)C(F)(F)c1cc(Cl)nc(-c2ccc(F)c(Cl)c2F)c1F. The molecule has 0 aliphatic heterocycles. The third kappa shape index (κ3) is 2.96. The molecule has 1 aromatic carbocycles. The Bertz CT molecular complexity index is 813. The van der Waals surface area contributed by atoms with E-state index in [0.717, 1.165) is 0 Å². The van der Waals surface area contributed by atoms with Gasteiger partial charge in [0.05, 0.1) is 5.56 Å². The smallest absolute Gasteiger partial charge is 0.379 e. The Morgan fingerprint density at radius 1 is 1.13 bits per heavy atom. The second-order valence-corrected chi connectivity index (χ2v) is 5.02. The summed E-state index contributed by atoms with van der Waals surface area (Å²) in [5, 5.41) is 6.77. The number of carboxylic acid groups (broad SMARTS) is 1. The molecule has 0 saturated heterocycles. The van der Waals surface area contributed by atoms with E-state index in [1.54, 1.807) is 0 Å². The zero-order valence-corrected chi connectivity index (χ0v) is 12.2. The van der Waals surface area contributed by atoms with Crippen LogP contribution in [0.15, 0.2) is 18.2 Å². The van der Waals surface area contributed by atoms with E-state index in [1.807, 2.05) is 0 Å². The van der Waals surface area contributed by atoms with E-state index in [2.05, 4.69) is 4.98 Å². The maximum atomic E-state index is 14.2. The molecule has 0 spiro atoms. The Labute approximate surface area is 135 Å². The number of halogens is 7. The molecule has 0 aliphatic rings. The number of benzene rings is 1. The summed E-state index contributed by atoms with van der Waals surface area (Å²) < 4.78 is 68.4. The quantitative estimate of drug-likeness (QED) is 0.485. The molecule has 0 unspecified atom stereocenters. The van der Waals surface area contributed by atoms with E-state index >= 15 is 0 Å². The molecule has 0 bridgehead atoms. The average Bonchev–Trinajstić information content (AvgIpc) is 2.47. The first kappa shape index (κ1) is 17.4. The molecule has 3 nitrogen and oxygen atoms in total. The molecule has 0 amide bonds. The number of nitrogens with zero attached hydrogens (tertiary/aromatic N) is 1. The molecule has 0 radical (unpaired) electrons. The van der Waals surface area contributed by atoms with Crippen molar-refractivity contribution < 1.29 is 31.9 Å². The lowest BCUT2D eigenvalue weighted by atomic mass is 10.0. The maximum absolute atomic E-state index is 14.2. The van der Waals surface area contributed by atoms with Gasteiger partial charge in [-0.25, -0.2) is 22.9 Å². The van der Waals surface area contributed by atoms with Gasteiger partial charge >= 0.3 is 11.9 Å². The fraction of sp³-hybridized carbons (Fsp3) is 0.0769. The summed E-state index contributed by atoms with van der Waals surface area (Å²) in [5.41, 5.74) is -3.38. The Hall–Kier alpha value is -1.93. The molecule has 1 heterocycles. The Balaban J connectivity index is 2.78. The molecule has 0 atom stereocenters. The highest BCUT2D eigenvalue weighted by molar-refractivity contribution is 6.31. The number of pyridine rings is 1. The average molecular weight is 372 g/mol. The summed E-state index contributed by atoms with van der Waals surface area (Å²) in [5.74, 6) is -11.7. The fourth-order valence-corrected chi connectivity index (χ4v) is 2.09. The van der Waals surface area contributed by atoms with Crippen molar-refractivity contribution in [1.29, 1.82) is 0 Å². The van der Waals surface area contributed by atoms with Crippen molar-refractivity contribution in [3.63, 3.8) is 0 Å². The van der Waals surface area contributed by atoms with Gasteiger partial charge in [0, 0.05) is 5.56 Å². The van der Waals surface area contributed by atoms with E-state index in [0.29, 0.717) is 18.2 Å². The molecule has 0 fully saturated rings. The summed E-state index contributed by atoms with van der Waals surface area (Å²) >= 11 is 10.8. The lowest BCUT2D eigenvalue weighted by Gasteiger charge is -2.15. The highest BCUT2D eigenvalue weighted by Crippen LogP contribution is 2.37. The molecule has 2 rings (SSSR count). The zero-order chi connectivity index (χ0) is 17.5. The summed E-state index contributed by atoms with van der Waals surface area (Å²) in [6.45, 7) is 0. The number of carbonyl (C=O) groups is 1. The number of rotatable bonds is 3. The van der Waals surface area contributed by atoms with Crippen molar-refractivity contribution in [3.8, 4) is 11.3 Å². The van der Waals surface area contributed by atoms with E-state index < -0.39 is 56.3 Å². The normalized spacial score (nSPS) is 11.6. The third-order valence-electron chi connectivity index (χ3n) is 2.82. The second-order valence-electron chi connectivity index (χ2n) is 4.26. The Morgan fingerprint density at radius 2 is 1.74 bits per heavy atom. The van der Waals surface area contributed by atoms with Crippen molar-refractivity contribution in [1.82, 2.24) is 4.98 Å². The summed E-state index contributed by atoms with van der Waals surface area (Å²) in [7, 11) is 0. The van der Waals surface area contributed by atoms with Gasteiger partial charge in [0.2, 0.25) is 0 Å². The number of aromatic nitrogens is 1. The van der Waals surface area contributed by atoms with Crippen LogP contribution < -0.4 is 0 Å². The van der Waals surface area contributed by atoms with Crippen LogP contribution in [0.3, 0.4) is 0 Å². The fourth-order valence-electron chi connectivity index (χ4n) is 1.73. The molecule has 10 heteroatoms. The summed E-state index contributed by atoms with van der Waals surface area (Å²) in [6.07, 6.45) is 0. The van der Waals surface area contributed by atoms with Gasteiger partial charge in [-0.15, -0.1) is 0 Å². The van der Waals surface area contributed by atoms with Crippen LogP contribution in [0.5, 0.6) is 0 Å². The minimum Gasteiger partial charge on any atom is -0.477 e. The number of carboxylic acids is 1. The van der Waals surface area contributed by atoms with Gasteiger partial charge in [0.25, 0.3) is 0 Å². The highest BCUT2D eigenvalue weighted by Gasteiger charge is 2.45. The molecule has 122 valence electrons. The zero-order valence-electron chi connectivity index (χ0n) is 10.7. The van der Waals surface area contributed by atoms with Crippen LogP contribution in [-0.2, 0) is 10.7 Å². The first-order valence-electron chi connectivity index (χ1n) is 5.69. The van der Waals surface area contributed by atoms with Gasteiger partial charge in [-0.05, 0) is 18.2 Å². The van der Waals surface area contributed by atoms with Crippen LogP contribution in [0.4, 0.5) is 22.0 Å². The van der Waals surface area contributed by atoms with Gasteiger partial charge in [0.1, 0.15) is 21.7 Å². The van der Waals surface area contributed by atoms with Gasteiger partial charge in [-0.2, -0.15) is 8.78 Å². The van der Waals surface area contributed by atoms with Gasteiger partial charge in [-0.3, -0.25) is 0 Å². The minimum absolute atomic E-state index is 0.303. The number of hydrogen-bond donors (Lipinski definition) is 1. The molecular weight excluding hydrogens is 368 g/mol. The lowest BCUT2D eigenvalue weighted by molar-refractivity contribution is -0.166. The number of aliphatic carboxylic acids is 1. The van der Waals surface area contributed by atoms with Crippen LogP contribution >= 0.6 is 23.2 Å². The maximum Gasteiger partial charge on any atom is 0.379 e. The van der Waals surface area contributed by atoms with E-state index in [4.69, 9.17) is 28.3 Å². The second kappa shape index (κ2) is 5.93. The van der Waals surface area contributed by atoms with Gasteiger partial charge in [0.15, 0.2) is 11.6 Å².